The first kappa shape index (κ1) is 18.1. The Labute approximate surface area is 155 Å². The smallest absolute Gasteiger partial charge is 0.257 e. The lowest BCUT2D eigenvalue weighted by atomic mass is 10.1. The number of hydrogen-bond acceptors (Lipinski definition) is 6. The van der Waals surface area contributed by atoms with E-state index in [0.717, 1.165) is 11.1 Å². The average molecular weight is 375 g/mol. The van der Waals surface area contributed by atoms with Crippen LogP contribution in [0.2, 0.25) is 5.02 Å². The maximum absolute atomic E-state index is 12.6. The minimum Gasteiger partial charge on any atom is -0.345 e. The summed E-state index contributed by atoms with van der Waals surface area (Å²) in [6.07, 6.45) is 3.44. The number of aromatic nitrogens is 4. The van der Waals surface area contributed by atoms with Gasteiger partial charge in [0.15, 0.2) is 5.82 Å². The summed E-state index contributed by atoms with van der Waals surface area (Å²) in [7, 11) is 3.52. The van der Waals surface area contributed by atoms with E-state index in [4.69, 9.17) is 16.1 Å². The molecular formula is C17H19ClN6O2. The van der Waals surface area contributed by atoms with E-state index in [0.29, 0.717) is 16.7 Å². The Hall–Kier alpha value is -2.71. The lowest BCUT2D eigenvalue weighted by molar-refractivity contribution is -0.123. The van der Waals surface area contributed by atoms with Gasteiger partial charge in [-0.2, -0.15) is 10.1 Å². The average Bonchev–Trinajstić information content (AvgIpc) is 3.26. The van der Waals surface area contributed by atoms with Crippen molar-refractivity contribution < 1.29 is 9.32 Å². The number of aryl methyl sites for hydroxylation is 1. The van der Waals surface area contributed by atoms with E-state index in [9.17, 15) is 4.79 Å². The van der Waals surface area contributed by atoms with Crippen LogP contribution in [0.15, 0.2) is 41.2 Å². The molecule has 1 amide bonds. The number of carbonyl (C=O) groups excluding carboxylic acids is 1. The Kier molecular flexibility index (Phi) is 5.34. The zero-order valence-corrected chi connectivity index (χ0v) is 15.4. The molecule has 0 aliphatic rings. The van der Waals surface area contributed by atoms with E-state index in [1.807, 2.05) is 0 Å². The minimum absolute atomic E-state index is 0.203. The molecule has 0 aliphatic heterocycles. The lowest BCUT2D eigenvalue weighted by Crippen LogP contribution is -2.37. The molecule has 26 heavy (non-hydrogen) atoms. The third-order valence-corrected chi connectivity index (χ3v) is 4.14. The van der Waals surface area contributed by atoms with Crippen LogP contribution in [-0.2, 0) is 11.8 Å². The first-order valence-corrected chi connectivity index (χ1v) is 8.41. The summed E-state index contributed by atoms with van der Waals surface area (Å²) < 4.78 is 6.93. The Balaban J connectivity index is 1.70. The van der Waals surface area contributed by atoms with Crippen LogP contribution < -0.4 is 10.6 Å². The molecule has 0 spiro atoms. The van der Waals surface area contributed by atoms with E-state index < -0.39 is 12.1 Å². The molecule has 2 atom stereocenters. The number of benzene rings is 1. The first-order valence-electron chi connectivity index (χ1n) is 8.03. The van der Waals surface area contributed by atoms with Gasteiger partial charge in [-0.25, -0.2) is 0 Å². The summed E-state index contributed by atoms with van der Waals surface area (Å²) in [5.74, 6) is 0.561. The van der Waals surface area contributed by atoms with Crippen LogP contribution >= 0.6 is 11.6 Å². The summed E-state index contributed by atoms with van der Waals surface area (Å²) in [6.45, 7) is 1.80. The summed E-state index contributed by atoms with van der Waals surface area (Å²) in [4.78, 5) is 16.9. The minimum atomic E-state index is -0.520. The van der Waals surface area contributed by atoms with E-state index in [2.05, 4.69) is 25.9 Å². The Bertz CT molecular complexity index is 889. The molecule has 2 aromatic heterocycles. The fraction of sp³-hybridized carbons (Fsp3) is 0.294. The number of nitrogens with one attached hydrogen (secondary N) is 2. The molecule has 9 heteroatoms. The van der Waals surface area contributed by atoms with Crippen LogP contribution in [0, 0.1) is 0 Å². The molecule has 0 bridgehead atoms. The van der Waals surface area contributed by atoms with E-state index in [-0.39, 0.29) is 5.91 Å². The van der Waals surface area contributed by atoms with Gasteiger partial charge < -0.3 is 15.2 Å². The number of halogens is 1. The highest BCUT2D eigenvalue weighted by atomic mass is 35.5. The van der Waals surface area contributed by atoms with Crippen LogP contribution in [0.3, 0.4) is 0 Å². The number of rotatable bonds is 6. The van der Waals surface area contributed by atoms with Gasteiger partial charge in [-0.3, -0.25) is 9.48 Å². The molecule has 136 valence electrons. The first-order chi connectivity index (χ1) is 12.5. The number of likely N-dealkylation sites (N-methyl/N-ethyl adjacent to an activating group) is 1. The van der Waals surface area contributed by atoms with Crippen molar-refractivity contribution in [3.8, 4) is 11.5 Å². The SMILES string of the molecule is CNC(C(=O)NC(C)c1noc(-c2ccc(Cl)cc2)n1)c1cnn(C)c1. The van der Waals surface area contributed by atoms with Gasteiger partial charge in [-0.05, 0) is 38.2 Å². The topological polar surface area (TPSA) is 97.9 Å². The van der Waals surface area contributed by atoms with Crippen LogP contribution in [-0.4, -0.2) is 32.9 Å². The van der Waals surface area contributed by atoms with Gasteiger partial charge in [-0.15, -0.1) is 0 Å². The van der Waals surface area contributed by atoms with Gasteiger partial charge in [-0.1, -0.05) is 16.8 Å². The molecule has 3 rings (SSSR count). The number of amides is 1. The quantitative estimate of drug-likeness (QED) is 0.686. The predicted octanol–water partition coefficient (Wildman–Crippen LogP) is 2.26. The molecule has 0 saturated heterocycles. The molecule has 0 fully saturated rings. The molecule has 2 N–H and O–H groups in total. The van der Waals surface area contributed by atoms with E-state index in [1.54, 1.807) is 62.4 Å². The zero-order chi connectivity index (χ0) is 18.7. The number of hydrogen-bond donors (Lipinski definition) is 2. The van der Waals surface area contributed by atoms with Gasteiger partial charge in [0.05, 0.1) is 12.2 Å². The van der Waals surface area contributed by atoms with Crippen molar-refractivity contribution in [2.45, 2.75) is 19.0 Å². The maximum Gasteiger partial charge on any atom is 0.257 e. The van der Waals surface area contributed by atoms with Crippen molar-refractivity contribution in [2.24, 2.45) is 7.05 Å². The highest BCUT2D eigenvalue weighted by molar-refractivity contribution is 6.30. The third-order valence-electron chi connectivity index (χ3n) is 3.89. The van der Waals surface area contributed by atoms with E-state index >= 15 is 0 Å². The normalized spacial score (nSPS) is 13.4. The summed E-state index contributed by atoms with van der Waals surface area (Å²) in [5, 5.41) is 14.5. The van der Waals surface area contributed by atoms with Crippen molar-refractivity contribution in [3.05, 3.63) is 53.1 Å². The van der Waals surface area contributed by atoms with Gasteiger partial charge in [0, 0.05) is 29.4 Å². The van der Waals surface area contributed by atoms with Crippen molar-refractivity contribution >= 4 is 17.5 Å². The highest BCUT2D eigenvalue weighted by Crippen LogP contribution is 2.22. The standard InChI is InChI=1S/C17H19ClN6O2/c1-10(21-16(25)14(19-2)12-8-20-24(3)9-12)15-22-17(26-23-15)11-4-6-13(18)7-5-11/h4-10,14,19H,1-3H3,(H,21,25). The molecule has 0 aliphatic carbocycles. The summed E-state index contributed by atoms with van der Waals surface area (Å²) >= 11 is 5.88. The van der Waals surface area contributed by atoms with Gasteiger partial charge >= 0.3 is 0 Å². The van der Waals surface area contributed by atoms with Crippen molar-refractivity contribution in [2.75, 3.05) is 7.05 Å². The second-order valence-corrected chi connectivity index (χ2v) is 6.30. The predicted molar refractivity (Wildman–Crippen MR) is 96.3 cm³/mol. The summed E-state index contributed by atoms with van der Waals surface area (Å²) in [6, 6.07) is 6.15. The Morgan fingerprint density at radius 2 is 2.04 bits per heavy atom. The van der Waals surface area contributed by atoms with Crippen LogP contribution in [0.1, 0.15) is 30.4 Å². The summed E-state index contributed by atoms with van der Waals surface area (Å²) in [5.41, 5.74) is 1.53. The number of carbonyl (C=O) groups is 1. The van der Waals surface area contributed by atoms with E-state index in [1.165, 1.54) is 0 Å². The van der Waals surface area contributed by atoms with Crippen LogP contribution in [0.5, 0.6) is 0 Å². The van der Waals surface area contributed by atoms with Gasteiger partial charge in [0.1, 0.15) is 6.04 Å². The molecule has 8 nitrogen and oxygen atoms in total. The Morgan fingerprint density at radius 1 is 1.31 bits per heavy atom. The maximum atomic E-state index is 12.6. The molecule has 2 heterocycles. The third kappa shape index (κ3) is 3.92. The number of nitrogens with zero attached hydrogens (tertiary/aromatic N) is 4. The molecule has 2 unspecified atom stereocenters. The van der Waals surface area contributed by atoms with Gasteiger partial charge in [0.2, 0.25) is 5.91 Å². The van der Waals surface area contributed by atoms with Crippen LogP contribution in [0.25, 0.3) is 11.5 Å². The fourth-order valence-corrected chi connectivity index (χ4v) is 2.65. The van der Waals surface area contributed by atoms with Crippen LogP contribution in [0.4, 0.5) is 0 Å². The largest absolute Gasteiger partial charge is 0.345 e. The Morgan fingerprint density at radius 3 is 2.65 bits per heavy atom. The molecule has 0 radical (unpaired) electrons. The second-order valence-electron chi connectivity index (χ2n) is 5.86. The molecule has 1 aromatic carbocycles. The highest BCUT2D eigenvalue weighted by Gasteiger charge is 2.24. The monoisotopic (exact) mass is 374 g/mol. The van der Waals surface area contributed by atoms with Crippen molar-refractivity contribution in [1.29, 1.82) is 0 Å². The fourth-order valence-electron chi connectivity index (χ4n) is 2.52. The molecule has 3 aromatic rings. The van der Waals surface area contributed by atoms with Crippen molar-refractivity contribution in [3.63, 3.8) is 0 Å². The molecule has 0 saturated carbocycles. The molecular weight excluding hydrogens is 356 g/mol. The lowest BCUT2D eigenvalue weighted by Gasteiger charge is -2.17. The second kappa shape index (κ2) is 7.67. The zero-order valence-electron chi connectivity index (χ0n) is 14.6. The van der Waals surface area contributed by atoms with Gasteiger partial charge in [0.25, 0.3) is 5.89 Å². The van der Waals surface area contributed by atoms with Crippen molar-refractivity contribution in [1.82, 2.24) is 30.6 Å².